The van der Waals surface area contributed by atoms with Crippen molar-refractivity contribution in [2.24, 2.45) is 0 Å². The lowest BCUT2D eigenvalue weighted by Crippen LogP contribution is -2.35. The number of carbonyl (C=O) groups is 3. The fourth-order valence-electron chi connectivity index (χ4n) is 8.18. The van der Waals surface area contributed by atoms with Crippen molar-refractivity contribution in [1.29, 1.82) is 0 Å². The van der Waals surface area contributed by atoms with E-state index >= 15 is 0 Å². The standard InChI is InChI=1S/C46H55N8O12P/c1-52(2)28-15-18-31-34(22-28)63-35-23-29(53(3)4)16-19-32(35)38(31)33-21-27(14-17-30(33)46(59)60)44(58)48-20-12-10-8-6-5-7-9-11-13-37(56)65-67(61,62)66-41-36(24-55)64-45(40(41)57)54-26-51-39-42(47)49-25-50-43(39)54/h14-19,21-23,25-26,36,40-41,45,55,57H,5-13,20,24H2,1-4H3,(H4-,47,48,49,50,58,59,60,61,62)/t36-,40+,41?,45-/m1/s1. The van der Waals surface area contributed by atoms with E-state index in [4.69, 9.17) is 23.9 Å². The maximum atomic E-state index is 13.4. The van der Waals surface area contributed by atoms with Gasteiger partial charge in [0.25, 0.3) is 5.91 Å². The Morgan fingerprint density at radius 1 is 0.955 bits per heavy atom. The second-order valence-corrected chi connectivity index (χ2v) is 18.2. The Morgan fingerprint density at radius 2 is 1.69 bits per heavy atom. The van der Waals surface area contributed by atoms with Crippen molar-refractivity contribution in [2.75, 3.05) is 52.0 Å². The van der Waals surface area contributed by atoms with E-state index in [2.05, 4.69) is 20.3 Å². The Morgan fingerprint density at radius 3 is 2.39 bits per heavy atom. The third-order valence-electron chi connectivity index (χ3n) is 11.7. The summed E-state index contributed by atoms with van der Waals surface area (Å²) in [6.45, 7) is -0.257. The number of ether oxygens (including phenoxy) is 1. The molecular formula is C46H55N8O12P. The molecule has 1 aliphatic carbocycles. The SMILES string of the molecule is CN(C)c1ccc2c(-c3cc(C(=O)NCCCCCCCCCCC(=O)OP(=O)(O)OC4[C@@H](CO)O[C@@H](n5cnc6c(N)ncnc65)[C@H]4O)ccc3C(=O)[O-])c3ccc(=[N+](C)C)cc-3oc2c1. The van der Waals surface area contributed by atoms with E-state index in [-0.39, 0.29) is 34.9 Å². The molecule has 7 rings (SSSR count). The van der Waals surface area contributed by atoms with Crippen LogP contribution < -0.4 is 31.0 Å². The number of aromatic nitrogens is 4. The number of aliphatic hydroxyl groups is 2. The Kier molecular flexibility index (Phi) is 15.3. The summed E-state index contributed by atoms with van der Waals surface area (Å²) in [5.74, 6) is -2.00. The molecule has 67 heavy (non-hydrogen) atoms. The summed E-state index contributed by atoms with van der Waals surface area (Å²) in [6.07, 6.45) is 3.00. The number of aliphatic hydroxyl groups excluding tert-OH is 2. The first-order chi connectivity index (χ1) is 32.1. The van der Waals surface area contributed by atoms with E-state index in [0.717, 1.165) is 49.6 Å². The number of hydrogen-bond donors (Lipinski definition) is 5. The van der Waals surface area contributed by atoms with Crippen molar-refractivity contribution in [3.05, 3.63) is 83.7 Å². The third kappa shape index (κ3) is 11.1. The number of imidazole rings is 1. The van der Waals surface area contributed by atoms with Gasteiger partial charge in [-0.15, -0.1) is 0 Å². The van der Waals surface area contributed by atoms with Gasteiger partial charge in [0.15, 0.2) is 17.7 Å². The number of nitrogens with one attached hydrogen (secondary N) is 1. The van der Waals surface area contributed by atoms with Gasteiger partial charge in [-0.25, -0.2) is 24.1 Å². The van der Waals surface area contributed by atoms with Crippen LogP contribution in [0, 0.1) is 0 Å². The van der Waals surface area contributed by atoms with Crippen LogP contribution in [0.15, 0.2) is 71.7 Å². The van der Waals surface area contributed by atoms with Gasteiger partial charge in [0, 0.05) is 72.5 Å². The van der Waals surface area contributed by atoms with Gasteiger partial charge in [-0.05, 0) is 48.7 Å². The maximum absolute atomic E-state index is 13.4. The molecule has 20 nitrogen and oxygen atoms in total. The van der Waals surface area contributed by atoms with Gasteiger partial charge in [0.2, 0.25) is 5.36 Å². The number of benzene rings is 3. The number of phosphoric ester groups is 1. The molecule has 1 fully saturated rings. The van der Waals surface area contributed by atoms with Crippen LogP contribution in [-0.4, -0.2) is 112 Å². The molecule has 356 valence electrons. The molecular weight excluding hydrogens is 888 g/mol. The Bertz CT molecular complexity index is 2860. The summed E-state index contributed by atoms with van der Waals surface area (Å²) < 4.78 is 38.1. The first-order valence-electron chi connectivity index (χ1n) is 22.0. The molecule has 2 aromatic heterocycles. The second kappa shape index (κ2) is 21.1. The number of hydrogen-bond acceptors (Lipinski definition) is 16. The molecule has 0 saturated carbocycles. The Labute approximate surface area is 385 Å². The molecule has 2 unspecified atom stereocenters. The monoisotopic (exact) mass is 942 g/mol. The molecule has 0 bridgehead atoms. The summed E-state index contributed by atoms with van der Waals surface area (Å²) in [5, 5.41) is 37.9. The fraction of sp³-hybridized carbons (Fsp3) is 0.413. The van der Waals surface area contributed by atoms with E-state index in [0.29, 0.717) is 58.4 Å². The molecule has 3 aliphatic rings. The second-order valence-electron chi connectivity index (χ2n) is 16.8. The first-order valence-corrected chi connectivity index (χ1v) is 23.5. The average Bonchev–Trinajstić information content (AvgIpc) is 3.86. The lowest BCUT2D eigenvalue weighted by Gasteiger charge is -2.22. The minimum Gasteiger partial charge on any atom is -0.545 e. The summed E-state index contributed by atoms with van der Waals surface area (Å²) in [5.41, 5.74) is 9.67. The third-order valence-corrected chi connectivity index (χ3v) is 12.7. The van der Waals surface area contributed by atoms with Crippen molar-refractivity contribution in [3.63, 3.8) is 0 Å². The summed E-state index contributed by atoms with van der Waals surface area (Å²) in [6, 6.07) is 16.0. The highest BCUT2D eigenvalue weighted by atomic mass is 31.2. The maximum Gasteiger partial charge on any atom is 0.530 e. The first kappa shape index (κ1) is 48.6. The minimum absolute atomic E-state index is 0.0480. The van der Waals surface area contributed by atoms with E-state index in [1.54, 1.807) is 6.07 Å². The van der Waals surface area contributed by atoms with Crippen LogP contribution >= 0.6 is 7.82 Å². The van der Waals surface area contributed by atoms with Crippen LogP contribution in [0.5, 0.6) is 0 Å². The summed E-state index contributed by atoms with van der Waals surface area (Å²) >= 11 is 0. The predicted molar refractivity (Wildman–Crippen MR) is 245 cm³/mol. The molecule has 1 amide bonds. The molecule has 5 atom stereocenters. The number of nitrogen functional groups attached to an aromatic ring is 1. The Hall–Kier alpha value is -6.28. The van der Waals surface area contributed by atoms with Gasteiger partial charge in [0.1, 0.15) is 55.6 Å². The number of phosphoric acid groups is 1. The lowest BCUT2D eigenvalue weighted by atomic mass is 9.89. The zero-order valence-corrected chi connectivity index (χ0v) is 38.6. The average molecular weight is 943 g/mol. The van der Waals surface area contributed by atoms with Crippen molar-refractivity contribution in [3.8, 4) is 22.5 Å². The molecule has 6 N–H and O–H groups in total. The zero-order valence-electron chi connectivity index (χ0n) is 37.7. The van der Waals surface area contributed by atoms with Crippen molar-refractivity contribution < 1.29 is 57.4 Å². The molecule has 21 heteroatoms. The van der Waals surface area contributed by atoms with E-state index in [9.17, 15) is 39.2 Å². The molecule has 4 aromatic rings. The zero-order chi connectivity index (χ0) is 48.0. The van der Waals surface area contributed by atoms with Crippen LogP contribution in [0.3, 0.4) is 0 Å². The number of carboxylic acid groups (broad SMARTS) is 1. The molecule has 0 spiro atoms. The number of amides is 1. The number of aromatic carboxylic acids is 1. The molecule has 1 saturated heterocycles. The van der Waals surface area contributed by atoms with Crippen LogP contribution in [0.2, 0.25) is 0 Å². The normalized spacial score (nSPS) is 18.0. The summed E-state index contributed by atoms with van der Waals surface area (Å²) in [4.78, 5) is 62.8. The smallest absolute Gasteiger partial charge is 0.530 e. The van der Waals surface area contributed by atoms with Crippen molar-refractivity contribution >= 4 is 59.3 Å². The van der Waals surface area contributed by atoms with Gasteiger partial charge < -0.3 is 49.7 Å². The lowest BCUT2D eigenvalue weighted by molar-refractivity contribution is -0.255. The van der Waals surface area contributed by atoms with Crippen molar-refractivity contribution in [1.82, 2.24) is 29.4 Å². The number of fused-ring (bicyclic) bond motifs is 3. The van der Waals surface area contributed by atoms with E-state index in [1.807, 2.05) is 74.1 Å². The largest absolute Gasteiger partial charge is 0.545 e. The van der Waals surface area contributed by atoms with Gasteiger partial charge in [-0.1, -0.05) is 44.6 Å². The van der Waals surface area contributed by atoms with Gasteiger partial charge in [0.05, 0.1) is 25.0 Å². The van der Waals surface area contributed by atoms with Gasteiger partial charge >= 0.3 is 13.8 Å². The molecule has 4 heterocycles. The molecule has 2 aromatic carbocycles. The van der Waals surface area contributed by atoms with Crippen LogP contribution in [0.1, 0.15) is 84.7 Å². The van der Waals surface area contributed by atoms with E-state index in [1.165, 1.54) is 29.4 Å². The number of carboxylic acids is 1. The summed E-state index contributed by atoms with van der Waals surface area (Å²) in [7, 11) is 2.67. The number of nitrogens with two attached hydrogens (primary N) is 1. The highest BCUT2D eigenvalue weighted by Crippen LogP contribution is 2.49. The van der Waals surface area contributed by atoms with Crippen LogP contribution in [0.25, 0.3) is 44.6 Å². The van der Waals surface area contributed by atoms with Gasteiger partial charge in [-0.2, -0.15) is 0 Å². The number of nitrogens with zero attached hydrogens (tertiary/aromatic N) is 6. The topological polar surface area (TPSA) is 281 Å². The number of anilines is 2. The molecule has 2 aliphatic heterocycles. The number of rotatable bonds is 20. The Balaban J connectivity index is 0.844. The number of carbonyl (C=O) groups excluding carboxylic acids is 3. The van der Waals surface area contributed by atoms with Crippen LogP contribution in [0.4, 0.5) is 11.5 Å². The highest BCUT2D eigenvalue weighted by Gasteiger charge is 2.49. The van der Waals surface area contributed by atoms with Crippen LogP contribution in [-0.2, 0) is 23.1 Å². The molecule has 0 radical (unpaired) electrons. The quantitative estimate of drug-likeness (QED) is 0.0316. The van der Waals surface area contributed by atoms with Gasteiger partial charge in [-0.3, -0.25) is 23.6 Å². The number of unbranched alkanes of at least 4 members (excludes halogenated alkanes) is 7. The minimum atomic E-state index is -5.02. The predicted octanol–water partition coefficient (Wildman–Crippen LogP) is 3.61. The fourth-order valence-corrected chi connectivity index (χ4v) is 9.14. The van der Waals surface area contributed by atoms with E-state index < -0.39 is 50.9 Å². The highest BCUT2D eigenvalue weighted by molar-refractivity contribution is 7.48. The van der Waals surface area contributed by atoms with Crippen molar-refractivity contribution in [2.45, 2.75) is 82.3 Å².